The first-order valence-electron chi connectivity index (χ1n) is 7.72. The van der Waals surface area contributed by atoms with Gasteiger partial charge in [-0.3, -0.25) is 4.79 Å². The molecule has 0 saturated carbocycles. The Bertz CT molecular complexity index is 826. The molecule has 1 aliphatic rings. The van der Waals surface area contributed by atoms with Gasteiger partial charge in [0.1, 0.15) is 16.8 Å². The summed E-state index contributed by atoms with van der Waals surface area (Å²) in [6.07, 6.45) is 2.99. The average molecular weight is 339 g/mol. The van der Waals surface area contributed by atoms with E-state index in [4.69, 9.17) is 0 Å². The third kappa shape index (κ3) is 3.36. The highest BCUT2D eigenvalue weighted by Crippen LogP contribution is 2.31. The van der Waals surface area contributed by atoms with Gasteiger partial charge < -0.3 is 10.4 Å². The van der Waals surface area contributed by atoms with Crippen molar-refractivity contribution in [2.75, 3.05) is 11.1 Å². The van der Waals surface area contributed by atoms with Gasteiger partial charge >= 0.3 is 0 Å². The first kappa shape index (κ1) is 16.3. The Morgan fingerprint density at radius 2 is 2.12 bits per heavy atom. The minimum Gasteiger partial charge on any atom is -0.508 e. The zero-order valence-electron chi connectivity index (χ0n) is 13.3. The number of aryl methyl sites for hydroxylation is 1. The van der Waals surface area contributed by atoms with Gasteiger partial charge in [-0.2, -0.15) is 5.26 Å². The van der Waals surface area contributed by atoms with E-state index in [1.54, 1.807) is 12.1 Å². The van der Waals surface area contributed by atoms with Gasteiger partial charge in [0.25, 0.3) is 0 Å². The summed E-state index contributed by atoms with van der Waals surface area (Å²) in [6, 6.07) is 8.53. The zero-order valence-corrected chi connectivity index (χ0v) is 14.1. The maximum absolute atomic E-state index is 12.1. The summed E-state index contributed by atoms with van der Waals surface area (Å²) in [7, 11) is 0. The van der Waals surface area contributed by atoms with Gasteiger partial charge in [-0.05, 0) is 61.6 Å². The molecule has 1 heterocycles. The van der Waals surface area contributed by atoms with E-state index >= 15 is 0 Å². The van der Waals surface area contributed by atoms with Crippen LogP contribution in [-0.2, 0) is 17.6 Å². The van der Waals surface area contributed by atoms with Crippen molar-refractivity contribution >= 4 is 23.4 Å². The van der Waals surface area contributed by atoms with Crippen LogP contribution in [0.2, 0.25) is 0 Å². The number of nitrogens with one attached hydrogen (secondary N) is 1. The van der Waals surface area contributed by atoms with Gasteiger partial charge in [0, 0.05) is 11.4 Å². The Balaban J connectivity index is 1.70. The number of anilines is 1. The maximum atomic E-state index is 12.1. The second-order valence-corrected chi connectivity index (χ2v) is 6.66. The SMILES string of the molecule is Cc1c(C#N)c(SCC(=O)Nc2ccc(O)cc2)nc2c1CCC2. The number of nitriles is 1. The number of benzene rings is 1. The lowest BCUT2D eigenvalue weighted by molar-refractivity contribution is -0.113. The number of amides is 1. The van der Waals surface area contributed by atoms with Crippen LogP contribution >= 0.6 is 11.8 Å². The van der Waals surface area contributed by atoms with Gasteiger partial charge in [0.15, 0.2) is 0 Å². The van der Waals surface area contributed by atoms with E-state index in [9.17, 15) is 15.2 Å². The molecule has 0 atom stereocenters. The fraction of sp³-hybridized carbons (Fsp3) is 0.278. The summed E-state index contributed by atoms with van der Waals surface area (Å²) in [6.45, 7) is 1.96. The number of aromatic nitrogens is 1. The van der Waals surface area contributed by atoms with Crippen molar-refractivity contribution in [3.05, 3.63) is 46.6 Å². The number of nitrogens with zero attached hydrogens (tertiary/aromatic N) is 2. The van der Waals surface area contributed by atoms with Gasteiger partial charge in [0.2, 0.25) is 5.91 Å². The molecule has 6 heteroatoms. The lowest BCUT2D eigenvalue weighted by atomic mass is 10.0. The molecule has 1 aromatic carbocycles. The first-order valence-corrected chi connectivity index (χ1v) is 8.71. The van der Waals surface area contributed by atoms with Crippen LogP contribution in [0.1, 0.15) is 28.8 Å². The number of fused-ring (bicyclic) bond motifs is 1. The number of phenolic OH excluding ortho intramolecular Hbond substituents is 1. The number of phenols is 1. The van der Waals surface area contributed by atoms with Crippen LogP contribution in [0.25, 0.3) is 0 Å². The minimum atomic E-state index is -0.172. The van der Waals surface area contributed by atoms with Crippen molar-refractivity contribution in [2.24, 2.45) is 0 Å². The van der Waals surface area contributed by atoms with E-state index in [2.05, 4.69) is 16.4 Å². The number of hydrogen-bond acceptors (Lipinski definition) is 5. The highest BCUT2D eigenvalue weighted by molar-refractivity contribution is 8.00. The van der Waals surface area contributed by atoms with E-state index in [0.717, 1.165) is 30.5 Å². The lowest BCUT2D eigenvalue weighted by Crippen LogP contribution is -2.14. The van der Waals surface area contributed by atoms with Gasteiger partial charge in [-0.15, -0.1) is 0 Å². The lowest BCUT2D eigenvalue weighted by Gasteiger charge is -2.11. The van der Waals surface area contributed by atoms with E-state index in [-0.39, 0.29) is 17.4 Å². The molecule has 0 saturated heterocycles. The van der Waals surface area contributed by atoms with Crippen LogP contribution in [0, 0.1) is 18.3 Å². The molecular weight excluding hydrogens is 322 g/mol. The second kappa shape index (κ2) is 6.93. The number of aromatic hydroxyl groups is 1. The van der Waals surface area contributed by atoms with Crippen molar-refractivity contribution in [3.63, 3.8) is 0 Å². The average Bonchev–Trinajstić information content (AvgIpc) is 3.04. The standard InChI is InChI=1S/C18H17N3O2S/c1-11-14-3-2-4-16(14)21-18(15(11)9-19)24-10-17(23)20-12-5-7-13(22)8-6-12/h5-8,22H,2-4,10H2,1H3,(H,20,23). The largest absolute Gasteiger partial charge is 0.508 e. The molecule has 2 aromatic rings. The van der Waals surface area contributed by atoms with E-state index in [1.165, 1.54) is 29.5 Å². The summed E-state index contributed by atoms with van der Waals surface area (Å²) in [4.78, 5) is 16.7. The van der Waals surface area contributed by atoms with Gasteiger partial charge in [-0.25, -0.2) is 4.98 Å². The molecule has 0 spiro atoms. The predicted octanol–water partition coefficient (Wildman–Crippen LogP) is 3.19. The fourth-order valence-corrected chi connectivity index (χ4v) is 3.71. The second-order valence-electron chi connectivity index (χ2n) is 5.69. The molecular formula is C18H17N3O2S. The van der Waals surface area contributed by atoms with Crippen LogP contribution in [0.3, 0.4) is 0 Å². The topological polar surface area (TPSA) is 86.0 Å². The number of rotatable bonds is 4. The monoisotopic (exact) mass is 339 g/mol. The summed E-state index contributed by atoms with van der Waals surface area (Å²) in [5.74, 6) is 0.161. The highest BCUT2D eigenvalue weighted by Gasteiger charge is 2.21. The van der Waals surface area contributed by atoms with Crippen LogP contribution < -0.4 is 5.32 Å². The first-order chi connectivity index (χ1) is 11.6. The zero-order chi connectivity index (χ0) is 17.1. The van der Waals surface area contributed by atoms with Crippen molar-refractivity contribution in [1.82, 2.24) is 4.98 Å². The minimum absolute atomic E-state index is 0.152. The predicted molar refractivity (Wildman–Crippen MR) is 93.2 cm³/mol. The Kier molecular flexibility index (Phi) is 4.72. The summed E-state index contributed by atoms with van der Waals surface area (Å²) in [5.41, 5.74) is 4.47. The quantitative estimate of drug-likeness (QED) is 0.660. The molecule has 0 fully saturated rings. The Labute approximate surface area is 144 Å². The Morgan fingerprint density at radius 3 is 2.83 bits per heavy atom. The van der Waals surface area contributed by atoms with Gasteiger partial charge in [-0.1, -0.05) is 11.8 Å². The third-order valence-electron chi connectivity index (χ3n) is 4.07. The van der Waals surface area contributed by atoms with Crippen LogP contribution in [0.5, 0.6) is 5.75 Å². The molecule has 0 bridgehead atoms. The summed E-state index contributed by atoms with van der Waals surface area (Å²) in [5, 5.41) is 22.1. The molecule has 5 nitrogen and oxygen atoms in total. The number of pyridine rings is 1. The van der Waals surface area contributed by atoms with Crippen molar-refractivity contribution in [1.29, 1.82) is 5.26 Å². The molecule has 3 rings (SSSR count). The highest BCUT2D eigenvalue weighted by atomic mass is 32.2. The van der Waals surface area contributed by atoms with Gasteiger partial charge in [0.05, 0.1) is 11.3 Å². The Morgan fingerprint density at radius 1 is 1.38 bits per heavy atom. The molecule has 1 amide bonds. The summed E-state index contributed by atoms with van der Waals surface area (Å²) < 4.78 is 0. The summed E-state index contributed by atoms with van der Waals surface area (Å²) >= 11 is 1.29. The molecule has 2 N–H and O–H groups in total. The van der Waals surface area contributed by atoms with Crippen molar-refractivity contribution in [2.45, 2.75) is 31.2 Å². The smallest absolute Gasteiger partial charge is 0.234 e. The van der Waals surface area contributed by atoms with E-state index in [1.807, 2.05) is 6.92 Å². The van der Waals surface area contributed by atoms with E-state index in [0.29, 0.717) is 16.3 Å². The van der Waals surface area contributed by atoms with Crippen LogP contribution in [-0.4, -0.2) is 21.8 Å². The molecule has 0 aliphatic heterocycles. The molecule has 24 heavy (non-hydrogen) atoms. The molecule has 0 radical (unpaired) electrons. The van der Waals surface area contributed by atoms with Crippen molar-refractivity contribution in [3.8, 4) is 11.8 Å². The Hall–Kier alpha value is -2.52. The normalized spacial score (nSPS) is 12.5. The van der Waals surface area contributed by atoms with Crippen molar-refractivity contribution < 1.29 is 9.90 Å². The number of thioether (sulfide) groups is 1. The van der Waals surface area contributed by atoms with Crippen LogP contribution in [0.4, 0.5) is 5.69 Å². The fourth-order valence-electron chi connectivity index (χ4n) is 2.86. The molecule has 122 valence electrons. The van der Waals surface area contributed by atoms with E-state index < -0.39 is 0 Å². The number of carbonyl (C=O) groups excluding carboxylic acids is 1. The van der Waals surface area contributed by atoms with Crippen LogP contribution in [0.15, 0.2) is 29.3 Å². The molecule has 1 aliphatic carbocycles. The molecule has 1 aromatic heterocycles. The third-order valence-corrected chi connectivity index (χ3v) is 5.04. The molecule has 0 unspecified atom stereocenters. The number of hydrogen-bond donors (Lipinski definition) is 2. The number of carbonyl (C=O) groups is 1. The maximum Gasteiger partial charge on any atom is 0.234 e.